The van der Waals surface area contributed by atoms with E-state index in [4.69, 9.17) is 0 Å². The maximum atomic E-state index is 12.0. The van der Waals surface area contributed by atoms with Gasteiger partial charge < -0.3 is 15.6 Å². The van der Waals surface area contributed by atoms with Gasteiger partial charge in [-0.1, -0.05) is 12.1 Å². The second-order valence-electron chi connectivity index (χ2n) is 5.25. The lowest BCUT2D eigenvalue weighted by Crippen LogP contribution is -2.16. The molecular weight excluding hydrogens is 266 g/mol. The van der Waals surface area contributed by atoms with E-state index < -0.39 is 0 Å². The van der Waals surface area contributed by atoms with Crippen molar-refractivity contribution >= 4 is 11.6 Å². The number of carbonyl (C=O) groups excluding carboxylic acids is 1. The van der Waals surface area contributed by atoms with Gasteiger partial charge in [0.25, 0.3) is 5.91 Å². The van der Waals surface area contributed by atoms with Crippen LogP contribution in [0.1, 0.15) is 28.8 Å². The van der Waals surface area contributed by atoms with Crippen molar-refractivity contribution in [2.24, 2.45) is 0 Å². The second-order valence-corrected chi connectivity index (χ2v) is 5.25. The molecule has 1 aromatic heterocycles. The standard InChI is InChI=1S/C16H17N3O2/c20-15-9-12(7-8-17-15)16(21)19-14-3-1-11(2-4-14)10-18-13-5-6-13/h1-4,7-9,13,18H,5-6,10H2,(H,17,20)(H,19,21). The lowest BCUT2D eigenvalue weighted by Gasteiger charge is -2.07. The van der Waals surface area contributed by atoms with Crippen LogP contribution in [0.3, 0.4) is 0 Å². The van der Waals surface area contributed by atoms with Crippen LogP contribution in [0.25, 0.3) is 0 Å². The van der Waals surface area contributed by atoms with E-state index in [0.717, 1.165) is 12.2 Å². The average molecular weight is 283 g/mol. The lowest BCUT2D eigenvalue weighted by atomic mass is 10.2. The molecule has 21 heavy (non-hydrogen) atoms. The van der Waals surface area contributed by atoms with E-state index >= 15 is 0 Å². The Hall–Kier alpha value is -2.40. The maximum absolute atomic E-state index is 12.0. The first kappa shape index (κ1) is 13.6. The summed E-state index contributed by atoms with van der Waals surface area (Å²) in [5, 5.41) is 6.22. The molecule has 1 amide bonds. The molecule has 1 saturated carbocycles. The highest BCUT2D eigenvalue weighted by Gasteiger charge is 2.19. The Kier molecular flexibility index (Phi) is 3.83. The fourth-order valence-corrected chi connectivity index (χ4v) is 2.04. The van der Waals surface area contributed by atoms with Crippen LogP contribution in [0.15, 0.2) is 47.4 Å². The van der Waals surface area contributed by atoms with Crippen LogP contribution in [0.4, 0.5) is 5.69 Å². The summed E-state index contributed by atoms with van der Waals surface area (Å²) >= 11 is 0. The highest BCUT2D eigenvalue weighted by molar-refractivity contribution is 6.04. The van der Waals surface area contributed by atoms with Gasteiger partial charge in [0, 0.05) is 36.1 Å². The van der Waals surface area contributed by atoms with Gasteiger partial charge in [0.2, 0.25) is 5.56 Å². The van der Waals surface area contributed by atoms with Crippen molar-refractivity contribution in [3.63, 3.8) is 0 Å². The smallest absolute Gasteiger partial charge is 0.255 e. The maximum Gasteiger partial charge on any atom is 0.255 e. The predicted molar refractivity (Wildman–Crippen MR) is 81.3 cm³/mol. The number of carbonyl (C=O) groups is 1. The number of rotatable bonds is 5. The molecule has 0 spiro atoms. The van der Waals surface area contributed by atoms with Crippen molar-refractivity contribution in [1.29, 1.82) is 0 Å². The van der Waals surface area contributed by atoms with Crippen LogP contribution in [-0.2, 0) is 6.54 Å². The number of hydrogen-bond donors (Lipinski definition) is 3. The molecule has 3 rings (SSSR count). The van der Waals surface area contributed by atoms with Crippen LogP contribution in [0, 0.1) is 0 Å². The van der Waals surface area contributed by atoms with Crippen molar-refractivity contribution in [2.75, 3.05) is 5.32 Å². The Morgan fingerprint density at radius 2 is 1.95 bits per heavy atom. The van der Waals surface area contributed by atoms with E-state index in [-0.39, 0.29) is 11.5 Å². The number of aromatic amines is 1. The summed E-state index contributed by atoms with van der Waals surface area (Å²) in [4.78, 5) is 25.7. The third-order valence-corrected chi connectivity index (χ3v) is 3.42. The minimum absolute atomic E-state index is 0.287. The van der Waals surface area contributed by atoms with E-state index in [1.165, 1.54) is 30.7 Å². The fourth-order valence-electron chi connectivity index (χ4n) is 2.04. The van der Waals surface area contributed by atoms with Gasteiger partial charge in [-0.3, -0.25) is 9.59 Å². The first-order valence-corrected chi connectivity index (χ1v) is 7.03. The molecule has 0 radical (unpaired) electrons. The molecule has 3 N–H and O–H groups in total. The Bertz CT molecular complexity index is 687. The highest BCUT2D eigenvalue weighted by atomic mass is 16.2. The molecule has 5 nitrogen and oxygen atoms in total. The van der Waals surface area contributed by atoms with Crippen molar-refractivity contribution in [1.82, 2.24) is 10.3 Å². The minimum Gasteiger partial charge on any atom is -0.329 e. The van der Waals surface area contributed by atoms with Gasteiger partial charge in [0.05, 0.1) is 0 Å². The topological polar surface area (TPSA) is 74.0 Å². The van der Waals surface area contributed by atoms with E-state index in [1.54, 1.807) is 6.07 Å². The summed E-state index contributed by atoms with van der Waals surface area (Å²) in [6, 6.07) is 11.3. The summed E-state index contributed by atoms with van der Waals surface area (Å²) in [6.07, 6.45) is 4.00. The summed E-state index contributed by atoms with van der Waals surface area (Å²) in [6.45, 7) is 0.854. The highest BCUT2D eigenvalue weighted by Crippen LogP contribution is 2.19. The first-order chi connectivity index (χ1) is 10.2. The number of benzene rings is 1. The molecule has 5 heteroatoms. The van der Waals surface area contributed by atoms with E-state index in [9.17, 15) is 9.59 Å². The molecule has 0 atom stereocenters. The first-order valence-electron chi connectivity index (χ1n) is 7.03. The van der Waals surface area contributed by atoms with Crippen molar-refractivity contribution < 1.29 is 4.79 Å². The summed E-state index contributed by atoms with van der Waals surface area (Å²) in [5.74, 6) is -0.287. The summed E-state index contributed by atoms with van der Waals surface area (Å²) < 4.78 is 0. The number of H-pyrrole nitrogens is 1. The number of anilines is 1. The molecule has 1 aliphatic carbocycles. The molecular formula is C16H17N3O2. The largest absolute Gasteiger partial charge is 0.329 e. The summed E-state index contributed by atoms with van der Waals surface area (Å²) in [5.41, 5.74) is 1.97. The van der Waals surface area contributed by atoms with Gasteiger partial charge in [-0.05, 0) is 36.6 Å². The van der Waals surface area contributed by atoms with Gasteiger partial charge in [-0.2, -0.15) is 0 Å². The zero-order valence-corrected chi connectivity index (χ0v) is 11.6. The zero-order valence-electron chi connectivity index (χ0n) is 11.6. The van der Waals surface area contributed by atoms with Crippen LogP contribution in [0.5, 0.6) is 0 Å². The number of aromatic nitrogens is 1. The predicted octanol–water partition coefficient (Wildman–Crippen LogP) is 1.88. The van der Waals surface area contributed by atoms with Crippen molar-refractivity contribution in [3.05, 3.63) is 64.1 Å². The third-order valence-electron chi connectivity index (χ3n) is 3.42. The van der Waals surface area contributed by atoms with Crippen LogP contribution < -0.4 is 16.2 Å². The zero-order chi connectivity index (χ0) is 14.7. The molecule has 1 fully saturated rings. The van der Waals surface area contributed by atoms with E-state index in [1.807, 2.05) is 24.3 Å². The molecule has 1 aromatic carbocycles. The molecule has 2 aromatic rings. The SMILES string of the molecule is O=C(Nc1ccc(CNC2CC2)cc1)c1cc[nH]c(=O)c1. The monoisotopic (exact) mass is 283 g/mol. The summed E-state index contributed by atoms with van der Waals surface area (Å²) in [7, 11) is 0. The van der Waals surface area contributed by atoms with Crippen LogP contribution >= 0.6 is 0 Å². The third kappa shape index (κ3) is 3.79. The van der Waals surface area contributed by atoms with Gasteiger partial charge in [-0.15, -0.1) is 0 Å². The molecule has 0 unspecified atom stereocenters. The molecule has 1 aliphatic rings. The van der Waals surface area contributed by atoms with Crippen LogP contribution in [-0.4, -0.2) is 16.9 Å². The molecule has 0 aliphatic heterocycles. The van der Waals surface area contributed by atoms with Gasteiger partial charge in [-0.25, -0.2) is 0 Å². The van der Waals surface area contributed by atoms with E-state index in [0.29, 0.717) is 11.6 Å². The van der Waals surface area contributed by atoms with Gasteiger partial charge >= 0.3 is 0 Å². The minimum atomic E-state index is -0.288. The quantitative estimate of drug-likeness (QED) is 0.784. The van der Waals surface area contributed by atoms with Crippen molar-refractivity contribution in [2.45, 2.75) is 25.4 Å². The van der Waals surface area contributed by atoms with Crippen LogP contribution in [0.2, 0.25) is 0 Å². The molecule has 0 bridgehead atoms. The number of amides is 1. The molecule has 0 saturated heterocycles. The fraction of sp³-hybridized carbons (Fsp3) is 0.250. The Balaban J connectivity index is 1.61. The number of nitrogens with one attached hydrogen (secondary N) is 3. The Morgan fingerprint density at radius 3 is 2.62 bits per heavy atom. The Morgan fingerprint density at radius 1 is 1.19 bits per heavy atom. The normalized spacial score (nSPS) is 13.9. The van der Waals surface area contributed by atoms with Crippen molar-refractivity contribution in [3.8, 4) is 0 Å². The lowest BCUT2D eigenvalue weighted by molar-refractivity contribution is 0.102. The van der Waals surface area contributed by atoms with Gasteiger partial charge in [0.1, 0.15) is 0 Å². The van der Waals surface area contributed by atoms with E-state index in [2.05, 4.69) is 15.6 Å². The number of hydrogen-bond acceptors (Lipinski definition) is 3. The second kappa shape index (κ2) is 5.93. The number of pyridine rings is 1. The Labute approximate surface area is 122 Å². The molecule has 108 valence electrons. The molecule has 1 heterocycles. The average Bonchev–Trinajstić information content (AvgIpc) is 3.31. The van der Waals surface area contributed by atoms with Gasteiger partial charge in [0.15, 0.2) is 0 Å².